The molecule has 1 aromatic heterocycles. The number of carbonyl (C=O) groups excluding carboxylic acids is 1. The van der Waals surface area contributed by atoms with Crippen LogP contribution in [-0.2, 0) is 17.0 Å². The highest BCUT2D eigenvalue weighted by molar-refractivity contribution is 7.98. The van der Waals surface area contributed by atoms with Crippen LogP contribution < -0.4 is 0 Å². The maximum Gasteiger partial charge on any atom is 0.253 e. The molecule has 1 aliphatic heterocycles. The molecule has 0 bridgehead atoms. The second-order valence-corrected chi connectivity index (χ2v) is 6.91. The Bertz CT molecular complexity index is 697. The average molecular weight is 347 g/mol. The summed E-state index contributed by atoms with van der Waals surface area (Å²) in [5.74, 6) is 0.713. The first-order valence-corrected chi connectivity index (χ1v) is 8.93. The Kier molecular flexibility index (Phi) is 5.47. The van der Waals surface area contributed by atoms with Crippen molar-refractivity contribution in [3.05, 3.63) is 35.4 Å². The van der Waals surface area contributed by atoms with E-state index in [-0.39, 0.29) is 12.0 Å². The molecule has 128 valence electrons. The van der Waals surface area contributed by atoms with Crippen molar-refractivity contribution in [1.82, 2.24) is 25.1 Å². The number of tetrazole rings is 1. The molecule has 2 heterocycles. The largest absolute Gasteiger partial charge is 0.376 e. The van der Waals surface area contributed by atoms with E-state index in [1.165, 1.54) is 0 Å². The van der Waals surface area contributed by atoms with Crippen molar-refractivity contribution in [3.63, 3.8) is 0 Å². The van der Waals surface area contributed by atoms with Gasteiger partial charge in [-0.15, -0.1) is 5.10 Å². The number of hydrogen-bond acceptors (Lipinski definition) is 6. The quantitative estimate of drug-likeness (QED) is 0.743. The average Bonchev–Trinajstić information content (AvgIpc) is 3.25. The number of ether oxygens (including phenoxy) is 1. The number of thioether (sulfide) groups is 1. The number of amides is 1. The highest BCUT2D eigenvalue weighted by Gasteiger charge is 2.19. The molecular weight excluding hydrogens is 326 g/mol. The van der Waals surface area contributed by atoms with Crippen LogP contribution in [0.25, 0.3) is 0 Å². The van der Waals surface area contributed by atoms with Crippen molar-refractivity contribution in [2.24, 2.45) is 0 Å². The standard InChI is InChI=1S/C16H21N5O2S/c1-20(2)15(22)13-6-3-5-12(9-13)11-24-16-17-18-19-21(16)10-14-7-4-8-23-14/h3,5-6,9,14H,4,7-8,10-11H2,1-2H3. The van der Waals surface area contributed by atoms with Crippen LogP contribution in [0, 0.1) is 0 Å². The number of nitrogens with zero attached hydrogens (tertiary/aromatic N) is 5. The lowest BCUT2D eigenvalue weighted by atomic mass is 10.1. The first-order valence-electron chi connectivity index (χ1n) is 7.94. The van der Waals surface area contributed by atoms with Gasteiger partial charge in [0.2, 0.25) is 5.16 Å². The van der Waals surface area contributed by atoms with E-state index in [1.54, 1.807) is 35.4 Å². The molecule has 1 saturated heterocycles. The highest BCUT2D eigenvalue weighted by atomic mass is 32.2. The van der Waals surface area contributed by atoms with Crippen LogP contribution in [-0.4, -0.2) is 57.8 Å². The van der Waals surface area contributed by atoms with Crippen LogP contribution in [0.5, 0.6) is 0 Å². The van der Waals surface area contributed by atoms with Crippen LogP contribution in [0.3, 0.4) is 0 Å². The molecule has 1 fully saturated rings. The fraction of sp³-hybridized carbons (Fsp3) is 0.500. The minimum Gasteiger partial charge on any atom is -0.376 e. The monoisotopic (exact) mass is 347 g/mol. The minimum absolute atomic E-state index is 0.00469. The number of aromatic nitrogens is 4. The van der Waals surface area contributed by atoms with E-state index >= 15 is 0 Å². The van der Waals surface area contributed by atoms with Crippen LogP contribution in [0.1, 0.15) is 28.8 Å². The summed E-state index contributed by atoms with van der Waals surface area (Å²) < 4.78 is 7.44. The molecule has 3 rings (SSSR count). The van der Waals surface area contributed by atoms with Crippen molar-refractivity contribution < 1.29 is 9.53 Å². The molecule has 1 unspecified atom stereocenters. The van der Waals surface area contributed by atoms with Gasteiger partial charge in [0.1, 0.15) is 0 Å². The van der Waals surface area contributed by atoms with Crippen molar-refractivity contribution in [2.45, 2.75) is 36.4 Å². The molecule has 8 heteroatoms. The first kappa shape index (κ1) is 16.9. The summed E-state index contributed by atoms with van der Waals surface area (Å²) in [7, 11) is 3.51. The Hall–Kier alpha value is -1.93. The third-order valence-corrected chi connectivity index (χ3v) is 4.88. The zero-order valence-electron chi connectivity index (χ0n) is 13.9. The smallest absolute Gasteiger partial charge is 0.253 e. The van der Waals surface area contributed by atoms with Gasteiger partial charge in [-0.2, -0.15) is 0 Å². The van der Waals surface area contributed by atoms with Gasteiger partial charge in [-0.05, 0) is 41.0 Å². The maximum absolute atomic E-state index is 12.0. The van der Waals surface area contributed by atoms with Crippen molar-refractivity contribution in [3.8, 4) is 0 Å². The number of hydrogen-bond donors (Lipinski definition) is 0. The van der Waals surface area contributed by atoms with E-state index in [9.17, 15) is 4.79 Å². The second kappa shape index (κ2) is 7.76. The molecule has 1 amide bonds. The molecule has 0 spiro atoms. The van der Waals surface area contributed by atoms with E-state index in [1.807, 2.05) is 24.3 Å². The van der Waals surface area contributed by atoms with Gasteiger partial charge in [-0.1, -0.05) is 23.9 Å². The lowest BCUT2D eigenvalue weighted by Crippen LogP contribution is -2.21. The normalized spacial score (nSPS) is 17.2. The molecule has 0 aliphatic carbocycles. The Morgan fingerprint density at radius 2 is 2.33 bits per heavy atom. The first-order chi connectivity index (χ1) is 11.6. The lowest BCUT2D eigenvalue weighted by molar-refractivity contribution is 0.0827. The van der Waals surface area contributed by atoms with E-state index in [0.717, 1.165) is 30.2 Å². The predicted octanol–water partition coefficient (Wildman–Crippen LogP) is 1.85. The van der Waals surface area contributed by atoms with Gasteiger partial charge in [0.05, 0.1) is 12.6 Å². The fourth-order valence-corrected chi connectivity index (χ4v) is 3.43. The van der Waals surface area contributed by atoms with E-state index in [4.69, 9.17) is 4.74 Å². The van der Waals surface area contributed by atoms with E-state index < -0.39 is 0 Å². The van der Waals surface area contributed by atoms with Gasteiger partial charge in [0.25, 0.3) is 5.91 Å². The number of rotatable bonds is 6. The molecular formula is C16H21N5O2S. The predicted molar refractivity (Wildman–Crippen MR) is 90.8 cm³/mol. The molecule has 0 saturated carbocycles. The summed E-state index contributed by atoms with van der Waals surface area (Å²) in [6.45, 7) is 1.51. The van der Waals surface area contributed by atoms with Crippen molar-refractivity contribution >= 4 is 17.7 Å². The van der Waals surface area contributed by atoms with Crippen molar-refractivity contribution in [1.29, 1.82) is 0 Å². The third kappa shape index (κ3) is 4.12. The summed E-state index contributed by atoms with van der Waals surface area (Å²) in [6, 6.07) is 7.66. The van der Waals surface area contributed by atoms with Crippen molar-refractivity contribution in [2.75, 3.05) is 20.7 Å². The summed E-state index contributed by atoms with van der Waals surface area (Å²) in [4.78, 5) is 13.6. The van der Waals surface area contributed by atoms with E-state index in [2.05, 4.69) is 15.5 Å². The van der Waals surface area contributed by atoms with Crippen LogP contribution in [0.4, 0.5) is 0 Å². The number of carbonyl (C=O) groups is 1. The Labute approximate surface area is 145 Å². The Morgan fingerprint density at radius 3 is 3.08 bits per heavy atom. The summed E-state index contributed by atoms with van der Waals surface area (Å²) >= 11 is 1.57. The second-order valence-electron chi connectivity index (χ2n) is 5.97. The summed E-state index contributed by atoms with van der Waals surface area (Å²) in [6.07, 6.45) is 2.36. The Morgan fingerprint density at radius 1 is 1.46 bits per heavy atom. The summed E-state index contributed by atoms with van der Waals surface area (Å²) in [5, 5.41) is 12.7. The zero-order valence-corrected chi connectivity index (χ0v) is 14.7. The Balaban J connectivity index is 1.63. The van der Waals surface area contributed by atoms with Gasteiger partial charge in [-0.25, -0.2) is 4.68 Å². The van der Waals surface area contributed by atoms with Crippen LogP contribution in [0.15, 0.2) is 29.4 Å². The molecule has 24 heavy (non-hydrogen) atoms. The van der Waals surface area contributed by atoms with Crippen LogP contribution >= 0.6 is 11.8 Å². The maximum atomic E-state index is 12.0. The van der Waals surface area contributed by atoms with Gasteiger partial charge >= 0.3 is 0 Å². The molecule has 2 aromatic rings. The highest BCUT2D eigenvalue weighted by Crippen LogP contribution is 2.22. The molecule has 0 radical (unpaired) electrons. The molecule has 1 atom stereocenters. The van der Waals surface area contributed by atoms with E-state index in [0.29, 0.717) is 17.9 Å². The topological polar surface area (TPSA) is 73.1 Å². The van der Waals surface area contributed by atoms with Gasteiger partial charge < -0.3 is 9.64 Å². The van der Waals surface area contributed by atoms with Crippen LogP contribution in [0.2, 0.25) is 0 Å². The van der Waals surface area contributed by atoms with Gasteiger partial charge in [-0.3, -0.25) is 4.79 Å². The van der Waals surface area contributed by atoms with Gasteiger partial charge in [0.15, 0.2) is 0 Å². The lowest BCUT2D eigenvalue weighted by Gasteiger charge is -2.11. The van der Waals surface area contributed by atoms with Gasteiger partial charge in [0, 0.05) is 32.0 Å². The fourth-order valence-electron chi connectivity index (χ4n) is 2.60. The minimum atomic E-state index is 0.00469. The third-order valence-electron chi connectivity index (χ3n) is 3.85. The molecule has 7 nitrogen and oxygen atoms in total. The summed E-state index contributed by atoms with van der Waals surface area (Å²) in [5.41, 5.74) is 1.76. The molecule has 0 N–H and O–H groups in total. The molecule has 1 aromatic carbocycles. The SMILES string of the molecule is CN(C)C(=O)c1cccc(CSc2nnnn2CC2CCCO2)c1. The molecule has 1 aliphatic rings. The number of benzene rings is 1. The zero-order chi connectivity index (χ0) is 16.9.